The molecular formula is C19H18F3NO5. The molecule has 0 heterocycles. The highest BCUT2D eigenvalue weighted by Crippen LogP contribution is 2.35. The zero-order valence-corrected chi connectivity index (χ0v) is 15.1. The molecule has 0 saturated carbocycles. The van der Waals surface area contributed by atoms with E-state index in [1.165, 1.54) is 37.3 Å². The van der Waals surface area contributed by atoms with Gasteiger partial charge in [0.25, 0.3) is 5.91 Å². The second kappa shape index (κ2) is 8.64. The van der Waals surface area contributed by atoms with Crippen molar-refractivity contribution < 1.29 is 37.3 Å². The molecule has 0 bridgehead atoms. The number of alkyl halides is 3. The van der Waals surface area contributed by atoms with Crippen molar-refractivity contribution in [3.05, 3.63) is 53.1 Å². The quantitative estimate of drug-likeness (QED) is 0.734. The molecule has 2 aromatic rings. The molecule has 0 fully saturated rings. The number of ether oxygens (including phenoxy) is 2. The smallest absolute Gasteiger partial charge is 0.416 e. The summed E-state index contributed by atoms with van der Waals surface area (Å²) in [5.41, 5.74) is -0.792. The Morgan fingerprint density at radius 1 is 1.11 bits per heavy atom. The maximum Gasteiger partial charge on any atom is 0.416 e. The van der Waals surface area contributed by atoms with Gasteiger partial charge in [-0.15, -0.1) is 0 Å². The van der Waals surface area contributed by atoms with Gasteiger partial charge in [-0.3, -0.25) is 4.79 Å². The van der Waals surface area contributed by atoms with Gasteiger partial charge in [0.2, 0.25) is 0 Å². The largest absolute Gasteiger partial charge is 0.490 e. The Morgan fingerprint density at radius 2 is 1.82 bits per heavy atom. The average molecular weight is 397 g/mol. The number of carbonyl (C=O) groups is 2. The number of hydrogen-bond donors (Lipinski definition) is 2. The zero-order chi connectivity index (χ0) is 20.9. The number of rotatable bonds is 7. The molecule has 0 radical (unpaired) electrons. The van der Waals surface area contributed by atoms with Crippen LogP contribution in [0.2, 0.25) is 0 Å². The fourth-order valence-corrected chi connectivity index (χ4v) is 2.45. The fraction of sp³-hybridized carbons (Fsp3) is 0.263. The first-order valence-corrected chi connectivity index (χ1v) is 8.23. The van der Waals surface area contributed by atoms with E-state index in [0.717, 1.165) is 6.07 Å². The number of halogens is 3. The molecule has 150 valence electrons. The summed E-state index contributed by atoms with van der Waals surface area (Å²) >= 11 is 0. The van der Waals surface area contributed by atoms with Crippen molar-refractivity contribution in [2.24, 2.45) is 0 Å². The van der Waals surface area contributed by atoms with E-state index in [2.05, 4.69) is 5.32 Å². The van der Waals surface area contributed by atoms with Crippen molar-refractivity contribution in [3.8, 4) is 11.5 Å². The molecule has 0 aromatic heterocycles. The van der Waals surface area contributed by atoms with Gasteiger partial charge in [0.15, 0.2) is 18.1 Å². The normalized spacial score (nSPS) is 11.0. The molecule has 0 aliphatic carbocycles. The van der Waals surface area contributed by atoms with Gasteiger partial charge < -0.3 is 19.9 Å². The number of benzene rings is 2. The van der Waals surface area contributed by atoms with Gasteiger partial charge in [-0.25, -0.2) is 4.79 Å². The highest BCUT2D eigenvalue weighted by molar-refractivity contribution is 6.05. The third-order valence-electron chi connectivity index (χ3n) is 3.74. The van der Waals surface area contributed by atoms with Crippen LogP contribution < -0.4 is 14.8 Å². The third-order valence-corrected chi connectivity index (χ3v) is 3.74. The van der Waals surface area contributed by atoms with E-state index in [-0.39, 0.29) is 34.9 Å². The van der Waals surface area contributed by atoms with E-state index in [1.54, 1.807) is 6.92 Å². The van der Waals surface area contributed by atoms with E-state index >= 15 is 0 Å². The summed E-state index contributed by atoms with van der Waals surface area (Å²) < 4.78 is 49.5. The molecule has 6 nitrogen and oxygen atoms in total. The molecule has 28 heavy (non-hydrogen) atoms. The minimum Gasteiger partial charge on any atom is -0.490 e. The standard InChI is InChI=1S/C19H18F3NO5/c1-3-27-16-9-12(7-8-15(16)28-10-17(24)25)18(26)23-14-6-4-5-13(11(14)2)19(20,21)22/h4-9H,3,10H2,1-2H3,(H,23,26)(H,24,25). The van der Waals surface area contributed by atoms with Crippen LogP contribution in [0.15, 0.2) is 36.4 Å². The minimum atomic E-state index is -4.53. The second-order valence-electron chi connectivity index (χ2n) is 5.71. The van der Waals surface area contributed by atoms with Gasteiger partial charge in [0.1, 0.15) is 0 Å². The fourth-order valence-electron chi connectivity index (χ4n) is 2.45. The highest BCUT2D eigenvalue weighted by atomic mass is 19.4. The molecule has 0 aliphatic rings. The van der Waals surface area contributed by atoms with E-state index in [9.17, 15) is 22.8 Å². The van der Waals surface area contributed by atoms with Crippen LogP contribution in [-0.4, -0.2) is 30.2 Å². The van der Waals surface area contributed by atoms with Crippen molar-refractivity contribution in [1.29, 1.82) is 0 Å². The number of nitrogens with one attached hydrogen (secondary N) is 1. The summed E-state index contributed by atoms with van der Waals surface area (Å²) in [5, 5.41) is 11.1. The lowest BCUT2D eigenvalue weighted by molar-refractivity contribution is -0.139. The van der Waals surface area contributed by atoms with Crippen molar-refractivity contribution in [2.45, 2.75) is 20.0 Å². The molecule has 1 amide bonds. The van der Waals surface area contributed by atoms with Crippen LogP contribution in [0, 0.1) is 6.92 Å². The molecule has 2 N–H and O–H groups in total. The summed E-state index contributed by atoms with van der Waals surface area (Å²) in [4.78, 5) is 23.1. The van der Waals surface area contributed by atoms with E-state index in [4.69, 9.17) is 14.6 Å². The van der Waals surface area contributed by atoms with Crippen LogP contribution in [0.1, 0.15) is 28.4 Å². The van der Waals surface area contributed by atoms with Crippen molar-refractivity contribution in [1.82, 2.24) is 0 Å². The zero-order valence-electron chi connectivity index (χ0n) is 15.1. The number of carbonyl (C=O) groups excluding carboxylic acids is 1. The highest BCUT2D eigenvalue weighted by Gasteiger charge is 2.33. The lowest BCUT2D eigenvalue weighted by Crippen LogP contribution is -2.16. The first-order valence-electron chi connectivity index (χ1n) is 8.23. The van der Waals surface area contributed by atoms with Gasteiger partial charge in [0, 0.05) is 11.3 Å². The molecule has 0 unspecified atom stereocenters. The summed E-state index contributed by atoms with van der Waals surface area (Å²) in [7, 11) is 0. The van der Waals surface area contributed by atoms with Crippen molar-refractivity contribution in [2.75, 3.05) is 18.5 Å². The number of amides is 1. The molecular weight excluding hydrogens is 379 g/mol. The first kappa shape index (κ1) is 21.1. The molecule has 2 aromatic carbocycles. The van der Waals surface area contributed by atoms with Gasteiger partial charge in [-0.1, -0.05) is 6.07 Å². The maximum absolute atomic E-state index is 13.0. The Labute approximate surface area is 158 Å². The number of aliphatic carboxylic acids is 1. The lowest BCUT2D eigenvalue weighted by atomic mass is 10.1. The van der Waals surface area contributed by atoms with Crippen molar-refractivity contribution in [3.63, 3.8) is 0 Å². The van der Waals surface area contributed by atoms with E-state index in [1.807, 2.05) is 0 Å². The first-order chi connectivity index (χ1) is 13.1. The molecule has 0 aliphatic heterocycles. The summed E-state index contributed by atoms with van der Waals surface area (Å²) in [5.74, 6) is -1.54. The SMILES string of the molecule is CCOc1cc(C(=O)Nc2cccc(C(F)(F)F)c2C)ccc1OCC(=O)O. The van der Waals surface area contributed by atoms with Gasteiger partial charge in [0.05, 0.1) is 12.2 Å². The van der Waals surface area contributed by atoms with Crippen LogP contribution in [-0.2, 0) is 11.0 Å². The monoisotopic (exact) mass is 397 g/mol. The lowest BCUT2D eigenvalue weighted by Gasteiger charge is -2.15. The molecule has 9 heteroatoms. The molecule has 0 spiro atoms. The van der Waals surface area contributed by atoms with E-state index in [0.29, 0.717) is 0 Å². The van der Waals surface area contributed by atoms with E-state index < -0.39 is 30.2 Å². The van der Waals surface area contributed by atoms with Crippen LogP contribution in [0.5, 0.6) is 11.5 Å². The van der Waals surface area contributed by atoms with Gasteiger partial charge in [-0.05, 0) is 49.7 Å². The summed E-state index contributed by atoms with van der Waals surface area (Å²) in [6.45, 7) is 2.61. The number of carboxylic acid groups (broad SMARTS) is 1. The van der Waals surface area contributed by atoms with Crippen LogP contribution >= 0.6 is 0 Å². The average Bonchev–Trinajstić information content (AvgIpc) is 2.61. The Morgan fingerprint density at radius 3 is 2.43 bits per heavy atom. The summed E-state index contributed by atoms with van der Waals surface area (Å²) in [6.07, 6.45) is -4.53. The Hall–Kier alpha value is -3.23. The van der Waals surface area contributed by atoms with Crippen LogP contribution in [0.4, 0.5) is 18.9 Å². The molecule has 0 atom stereocenters. The summed E-state index contributed by atoms with van der Waals surface area (Å²) in [6, 6.07) is 7.57. The minimum absolute atomic E-state index is 0.0315. The molecule has 2 rings (SSSR count). The second-order valence-corrected chi connectivity index (χ2v) is 5.71. The van der Waals surface area contributed by atoms with Crippen LogP contribution in [0.3, 0.4) is 0 Å². The predicted molar refractivity (Wildman–Crippen MR) is 94.9 cm³/mol. The van der Waals surface area contributed by atoms with Gasteiger partial charge >= 0.3 is 12.1 Å². The number of carboxylic acids is 1. The third kappa shape index (κ3) is 5.15. The number of hydrogen-bond acceptors (Lipinski definition) is 4. The van der Waals surface area contributed by atoms with Crippen molar-refractivity contribution >= 4 is 17.6 Å². The Kier molecular flexibility index (Phi) is 6.50. The number of anilines is 1. The predicted octanol–water partition coefficient (Wildman–Crippen LogP) is 4.13. The topological polar surface area (TPSA) is 84.9 Å². The van der Waals surface area contributed by atoms with Gasteiger partial charge in [-0.2, -0.15) is 13.2 Å². The maximum atomic E-state index is 13.0. The molecule has 0 saturated heterocycles. The Bertz CT molecular complexity index is 880. The van der Waals surface area contributed by atoms with Crippen LogP contribution in [0.25, 0.3) is 0 Å². The Balaban J connectivity index is 2.27.